The normalized spacial score (nSPS) is 23.2. The lowest BCUT2D eigenvalue weighted by molar-refractivity contribution is -0.156. The zero-order valence-corrected chi connectivity index (χ0v) is 11.4. The summed E-state index contributed by atoms with van der Waals surface area (Å²) in [6.45, 7) is 2.16. The van der Waals surface area contributed by atoms with Gasteiger partial charge in [-0.25, -0.2) is 4.39 Å². The smallest absolute Gasteiger partial charge is 0.313 e. The quantitative estimate of drug-likeness (QED) is 0.588. The van der Waals surface area contributed by atoms with E-state index in [1.807, 2.05) is 0 Å². The van der Waals surface area contributed by atoms with E-state index in [1.54, 1.807) is 12.1 Å². The summed E-state index contributed by atoms with van der Waals surface area (Å²) in [7, 11) is 0. The molecule has 1 aliphatic heterocycles. The summed E-state index contributed by atoms with van der Waals surface area (Å²) in [5, 5.41) is 0. The third-order valence-corrected chi connectivity index (χ3v) is 3.75. The van der Waals surface area contributed by atoms with Crippen molar-refractivity contribution in [1.82, 2.24) is 0 Å². The summed E-state index contributed by atoms with van der Waals surface area (Å²) in [5.74, 6) is -0.646. The molecule has 104 valence electrons. The third-order valence-electron chi connectivity index (χ3n) is 3.75. The number of halogens is 1. The molecule has 0 amide bonds. The van der Waals surface area contributed by atoms with Gasteiger partial charge in [0, 0.05) is 0 Å². The van der Waals surface area contributed by atoms with Gasteiger partial charge in [-0.1, -0.05) is 31.9 Å². The zero-order chi connectivity index (χ0) is 13.7. The second kappa shape index (κ2) is 6.69. The van der Waals surface area contributed by atoms with E-state index in [0.29, 0.717) is 0 Å². The molecule has 0 N–H and O–H groups in total. The highest BCUT2D eigenvalue weighted by Crippen LogP contribution is 2.31. The molecule has 0 radical (unpaired) electrons. The Morgan fingerprint density at radius 1 is 1.21 bits per heavy atom. The number of benzene rings is 1. The number of hydrogen-bond acceptors (Lipinski definition) is 2. The first-order valence-electron chi connectivity index (χ1n) is 7.16. The molecule has 1 aromatic rings. The fourth-order valence-electron chi connectivity index (χ4n) is 2.60. The van der Waals surface area contributed by atoms with Gasteiger partial charge in [0.2, 0.25) is 0 Å². The van der Waals surface area contributed by atoms with E-state index in [9.17, 15) is 9.18 Å². The van der Waals surface area contributed by atoms with Gasteiger partial charge in [0.15, 0.2) is 0 Å². The Morgan fingerprint density at radius 2 is 1.95 bits per heavy atom. The van der Waals surface area contributed by atoms with Crippen molar-refractivity contribution >= 4 is 5.97 Å². The number of carbonyl (C=O) groups excluding carboxylic acids is 1. The SMILES string of the molecule is CCCCCC1CCC(c2ccc(F)cc2)C(=O)O1. The van der Waals surface area contributed by atoms with E-state index < -0.39 is 0 Å². The summed E-state index contributed by atoms with van der Waals surface area (Å²) < 4.78 is 18.4. The van der Waals surface area contributed by atoms with Gasteiger partial charge in [0.25, 0.3) is 0 Å². The summed E-state index contributed by atoms with van der Waals surface area (Å²) in [4.78, 5) is 12.0. The minimum absolute atomic E-state index is 0.0794. The van der Waals surface area contributed by atoms with Gasteiger partial charge in [0.05, 0.1) is 5.92 Å². The molecule has 3 heteroatoms. The third kappa shape index (κ3) is 3.79. The van der Waals surface area contributed by atoms with Crippen molar-refractivity contribution < 1.29 is 13.9 Å². The predicted octanol–water partition coefficient (Wildman–Crippen LogP) is 4.20. The van der Waals surface area contributed by atoms with Crippen LogP contribution in [-0.2, 0) is 9.53 Å². The second-order valence-corrected chi connectivity index (χ2v) is 5.24. The molecular weight excluding hydrogens is 243 g/mol. The number of hydrogen-bond donors (Lipinski definition) is 0. The molecule has 0 aromatic heterocycles. The van der Waals surface area contributed by atoms with Crippen LogP contribution in [0.1, 0.15) is 56.9 Å². The largest absolute Gasteiger partial charge is 0.462 e. The Bertz CT molecular complexity index is 413. The maximum atomic E-state index is 12.9. The number of carbonyl (C=O) groups is 1. The van der Waals surface area contributed by atoms with E-state index in [0.717, 1.165) is 31.2 Å². The van der Waals surface area contributed by atoms with E-state index in [4.69, 9.17) is 4.74 Å². The zero-order valence-electron chi connectivity index (χ0n) is 11.4. The highest BCUT2D eigenvalue weighted by Gasteiger charge is 2.30. The molecule has 2 atom stereocenters. The average molecular weight is 264 g/mol. The fraction of sp³-hybridized carbons (Fsp3) is 0.562. The second-order valence-electron chi connectivity index (χ2n) is 5.24. The summed E-state index contributed by atoms with van der Waals surface area (Å²) in [5.41, 5.74) is 0.860. The van der Waals surface area contributed by atoms with Gasteiger partial charge >= 0.3 is 5.97 Å². The number of unbranched alkanes of at least 4 members (excludes halogenated alkanes) is 2. The minimum Gasteiger partial charge on any atom is -0.462 e. The van der Waals surface area contributed by atoms with Gasteiger partial charge in [-0.2, -0.15) is 0 Å². The average Bonchev–Trinajstić information content (AvgIpc) is 2.41. The van der Waals surface area contributed by atoms with Crippen molar-refractivity contribution in [3.63, 3.8) is 0 Å². The Balaban J connectivity index is 1.90. The van der Waals surface area contributed by atoms with E-state index in [1.165, 1.54) is 25.0 Å². The van der Waals surface area contributed by atoms with Crippen LogP contribution in [0.15, 0.2) is 24.3 Å². The van der Waals surface area contributed by atoms with Gasteiger partial charge < -0.3 is 4.74 Å². The van der Waals surface area contributed by atoms with Gasteiger partial charge in [-0.05, 0) is 43.4 Å². The lowest BCUT2D eigenvalue weighted by Crippen LogP contribution is -2.29. The molecule has 1 aliphatic rings. The first-order valence-corrected chi connectivity index (χ1v) is 7.16. The van der Waals surface area contributed by atoms with Crippen LogP contribution < -0.4 is 0 Å². The molecule has 1 heterocycles. The van der Waals surface area contributed by atoms with Crippen LogP contribution in [-0.4, -0.2) is 12.1 Å². The van der Waals surface area contributed by atoms with E-state index >= 15 is 0 Å². The van der Waals surface area contributed by atoms with Crippen LogP contribution >= 0.6 is 0 Å². The number of cyclic esters (lactones) is 1. The van der Waals surface area contributed by atoms with Crippen LogP contribution in [0.2, 0.25) is 0 Å². The highest BCUT2D eigenvalue weighted by molar-refractivity contribution is 5.79. The summed E-state index contributed by atoms with van der Waals surface area (Å²) >= 11 is 0. The van der Waals surface area contributed by atoms with E-state index in [-0.39, 0.29) is 23.8 Å². The number of esters is 1. The minimum atomic E-state index is -0.273. The number of rotatable bonds is 5. The van der Waals surface area contributed by atoms with Gasteiger partial charge in [-0.3, -0.25) is 4.79 Å². The molecule has 0 saturated carbocycles. The lowest BCUT2D eigenvalue weighted by Gasteiger charge is -2.28. The first kappa shape index (κ1) is 14.0. The van der Waals surface area contributed by atoms with Crippen LogP contribution in [0.5, 0.6) is 0 Å². The molecule has 1 aromatic carbocycles. The fourth-order valence-corrected chi connectivity index (χ4v) is 2.60. The van der Waals surface area contributed by atoms with Crippen LogP contribution in [0.3, 0.4) is 0 Å². The van der Waals surface area contributed by atoms with E-state index in [2.05, 4.69) is 6.92 Å². The summed E-state index contributed by atoms with van der Waals surface area (Å²) in [6.07, 6.45) is 6.26. The molecular formula is C16H21FO2. The molecule has 2 rings (SSSR count). The summed E-state index contributed by atoms with van der Waals surface area (Å²) in [6, 6.07) is 6.16. The lowest BCUT2D eigenvalue weighted by atomic mass is 9.89. The number of ether oxygens (including phenoxy) is 1. The standard InChI is InChI=1S/C16H21FO2/c1-2-3-4-5-14-10-11-15(16(18)19-14)12-6-8-13(17)9-7-12/h6-9,14-15H,2-5,10-11H2,1H3. The van der Waals surface area contributed by atoms with Gasteiger partial charge in [0.1, 0.15) is 11.9 Å². The molecule has 1 saturated heterocycles. The topological polar surface area (TPSA) is 26.3 Å². The Labute approximate surface area is 114 Å². The van der Waals surface area contributed by atoms with Crippen molar-refractivity contribution in [2.75, 3.05) is 0 Å². The molecule has 19 heavy (non-hydrogen) atoms. The molecule has 0 bridgehead atoms. The maximum Gasteiger partial charge on any atom is 0.313 e. The molecule has 2 nitrogen and oxygen atoms in total. The molecule has 2 unspecified atom stereocenters. The molecule has 1 fully saturated rings. The maximum absolute atomic E-state index is 12.9. The van der Waals surface area contributed by atoms with Crippen molar-refractivity contribution in [3.05, 3.63) is 35.6 Å². The first-order chi connectivity index (χ1) is 9.20. The monoisotopic (exact) mass is 264 g/mol. The highest BCUT2D eigenvalue weighted by atomic mass is 19.1. The predicted molar refractivity (Wildman–Crippen MR) is 72.4 cm³/mol. The Morgan fingerprint density at radius 3 is 2.58 bits per heavy atom. The van der Waals surface area contributed by atoms with Crippen molar-refractivity contribution in [3.8, 4) is 0 Å². The van der Waals surface area contributed by atoms with Gasteiger partial charge in [-0.15, -0.1) is 0 Å². The Kier molecular flexibility index (Phi) is 4.94. The molecule has 0 aliphatic carbocycles. The van der Waals surface area contributed by atoms with Crippen LogP contribution in [0, 0.1) is 5.82 Å². The Hall–Kier alpha value is -1.38. The van der Waals surface area contributed by atoms with Crippen molar-refractivity contribution in [2.45, 2.75) is 57.5 Å². The van der Waals surface area contributed by atoms with Crippen molar-refractivity contribution in [1.29, 1.82) is 0 Å². The molecule has 0 spiro atoms. The van der Waals surface area contributed by atoms with Crippen molar-refractivity contribution in [2.24, 2.45) is 0 Å². The van der Waals surface area contributed by atoms with Crippen LogP contribution in [0.25, 0.3) is 0 Å². The van der Waals surface area contributed by atoms with Crippen LogP contribution in [0.4, 0.5) is 4.39 Å².